The van der Waals surface area contributed by atoms with Crippen LogP contribution in [-0.4, -0.2) is 36.4 Å². The SMILES string of the molecule is O=C(Nc1cccc(N2CCCC2=O)c1)c1ccc(N2CCCC2)c([N+](=O)[O-])c1. The number of nitro groups is 1. The van der Waals surface area contributed by atoms with Crippen LogP contribution in [0.2, 0.25) is 0 Å². The van der Waals surface area contributed by atoms with E-state index in [1.807, 2.05) is 11.0 Å². The van der Waals surface area contributed by atoms with Gasteiger partial charge in [-0.15, -0.1) is 0 Å². The molecule has 2 saturated heterocycles. The van der Waals surface area contributed by atoms with Crippen LogP contribution in [0.5, 0.6) is 0 Å². The molecule has 8 heteroatoms. The summed E-state index contributed by atoms with van der Waals surface area (Å²) in [7, 11) is 0. The number of nitrogens with one attached hydrogen (secondary N) is 1. The van der Waals surface area contributed by atoms with Crippen molar-refractivity contribution in [3.8, 4) is 0 Å². The summed E-state index contributed by atoms with van der Waals surface area (Å²) in [4.78, 5) is 39.4. The van der Waals surface area contributed by atoms with Crippen LogP contribution in [0.15, 0.2) is 42.5 Å². The maximum absolute atomic E-state index is 12.7. The predicted octanol–water partition coefficient (Wildman–Crippen LogP) is 3.57. The second-order valence-corrected chi connectivity index (χ2v) is 7.31. The summed E-state index contributed by atoms with van der Waals surface area (Å²) in [6, 6.07) is 11.7. The Hall–Kier alpha value is -3.42. The normalized spacial score (nSPS) is 16.3. The van der Waals surface area contributed by atoms with Crippen LogP contribution in [0.4, 0.5) is 22.7 Å². The molecule has 0 spiro atoms. The van der Waals surface area contributed by atoms with E-state index in [1.54, 1.807) is 35.2 Å². The minimum Gasteiger partial charge on any atom is -0.366 e. The van der Waals surface area contributed by atoms with Crippen molar-refractivity contribution in [1.29, 1.82) is 0 Å². The van der Waals surface area contributed by atoms with E-state index in [0.717, 1.165) is 38.0 Å². The highest BCUT2D eigenvalue weighted by molar-refractivity contribution is 6.05. The largest absolute Gasteiger partial charge is 0.366 e. The second-order valence-electron chi connectivity index (χ2n) is 7.31. The van der Waals surface area contributed by atoms with Crippen molar-refractivity contribution < 1.29 is 14.5 Å². The highest BCUT2D eigenvalue weighted by atomic mass is 16.6. The number of benzene rings is 2. The molecule has 4 rings (SSSR count). The third-order valence-corrected chi connectivity index (χ3v) is 5.37. The van der Waals surface area contributed by atoms with Crippen molar-refractivity contribution in [3.63, 3.8) is 0 Å². The third-order valence-electron chi connectivity index (χ3n) is 5.37. The van der Waals surface area contributed by atoms with Gasteiger partial charge in [0.15, 0.2) is 0 Å². The lowest BCUT2D eigenvalue weighted by Gasteiger charge is -2.18. The summed E-state index contributed by atoms with van der Waals surface area (Å²) >= 11 is 0. The summed E-state index contributed by atoms with van der Waals surface area (Å²) in [5.41, 5.74) is 2.00. The molecule has 0 unspecified atom stereocenters. The molecule has 2 aromatic rings. The number of anilines is 3. The number of carbonyl (C=O) groups is 2. The van der Waals surface area contributed by atoms with Gasteiger partial charge in [-0.05, 0) is 49.6 Å². The van der Waals surface area contributed by atoms with Gasteiger partial charge in [-0.25, -0.2) is 0 Å². The van der Waals surface area contributed by atoms with Crippen LogP contribution in [0.3, 0.4) is 0 Å². The Morgan fingerprint density at radius 2 is 1.83 bits per heavy atom. The van der Waals surface area contributed by atoms with Crippen molar-refractivity contribution in [2.75, 3.05) is 34.8 Å². The Labute approximate surface area is 168 Å². The molecule has 0 atom stereocenters. The van der Waals surface area contributed by atoms with E-state index in [1.165, 1.54) is 6.07 Å². The van der Waals surface area contributed by atoms with Gasteiger partial charge >= 0.3 is 0 Å². The predicted molar refractivity (Wildman–Crippen MR) is 111 cm³/mol. The lowest BCUT2D eigenvalue weighted by molar-refractivity contribution is -0.384. The first-order valence-electron chi connectivity index (χ1n) is 9.78. The molecule has 2 amide bonds. The average Bonchev–Trinajstić information content (AvgIpc) is 3.39. The summed E-state index contributed by atoms with van der Waals surface area (Å²) in [5.74, 6) is -0.354. The van der Waals surface area contributed by atoms with Gasteiger partial charge < -0.3 is 15.1 Å². The fraction of sp³-hybridized carbons (Fsp3) is 0.333. The van der Waals surface area contributed by atoms with Crippen molar-refractivity contribution in [2.45, 2.75) is 25.7 Å². The molecule has 2 fully saturated rings. The zero-order valence-corrected chi connectivity index (χ0v) is 16.0. The Morgan fingerprint density at radius 3 is 2.52 bits per heavy atom. The van der Waals surface area contributed by atoms with E-state index in [0.29, 0.717) is 24.3 Å². The van der Waals surface area contributed by atoms with E-state index < -0.39 is 10.8 Å². The number of nitro benzene ring substituents is 1. The van der Waals surface area contributed by atoms with E-state index in [-0.39, 0.29) is 17.2 Å². The van der Waals surface area contributed by atoms with Gasteiger partial charge in [-0.1, -0.05) is 6.07 Å². The van der Waals surface area contributed by atoms with Gasteiger partial charge in [-0.3, -0.25) is 19.7 Å². The van der Waals surface area contributed by atoms with E-state index >= 15 is 0 Å². The highest BCUT2D eigenvalue weighted by Gasteiger charge is 2.24. The summed E-state index contributed by atoms with van der Waals surface area (Å²) in [6.45, 7) is 2.24. The van der Waals surface area contributed by atoms with Crippen LogP contribution in [0.25, 0.3) is 0 Å². The van der Waals surface area contributed by atoms with Crippen molar-refractivity contribution in [3.05, 3.63) is 58.1 Å². The molecule has 2 aliphatic heterocycles. The zero-order valence-electron chi connectivity index (χ0n) is 16.0. The van der Waals surface area contributed by atoms with Crippen molar-refractivity contribution in [2.24, 2.45) is 0 Å². The molecule has 0 saturated carbocycles. The van der Waals surface area contributed by atoms with Crippen LogP contribution in [0.1, 0.15) is 36.0 Å². The minimum atomic E-state index is -0.440. The van der Waals surface area contributed by atoms with E-state index in [2.05, 4.69) is 5.32 Å². The fourth-order valence-electron chi connectivity index (χ4n) is 3.91. The molecule has 2 aliphatic rings. The minimum absolute atomic E-state index is 0.0593. The third kappa shape index (κ3) is 3.91. The number of carbonyl (C=O) groups excluding carboxylic acids is 2. The molecule has 8 nitrogen and oxygen atoms in total. The van der Waals surface area contributed by atoms with Crippen LogP contribution in [-0.2, 0) is 4.79 Å². The van der Waals surface area contributed by atoms with Gasteiger partial charge in [0.1, 0.15) is 5.69 Å². The number of rotatable bonds is 5. The molecule has 0 aromatic heterocycles. The molecular formula is C21H22N4O4. The smallest absolute Gasteiger partial charge is 0.293 e. The van der Waals surface area contributed by atoms with Crippen LogP contribution < -0.4 is 15.1 Å². The summed E-state index contributed by atoms with van der Waals surface area (Å²) < 4.78 is 0. The first-order chi connectivity index (χ1) is 14.0. The Morgan fingerprint density at radius 1 is 1.03 bits per heavy atom. The van der Waals surface area contributed by atoms with Gasteiger partial charge in [0.2, 0.25) is 5.91 Å². The lowest BCUT2D eigenvalue weighted by Crippen LogP contribution is -2.23. The number of hydrogen-bond donors (Lipinski definition) is 1. The topological polar surface area (TPSA) is 95.8 Å². The van der Waals surface area contributed by atoms with Gasteiger partial charge in [0, 0.05) is 49.1 Å². The molecule has 2 aromatic carbocycles. The van der Waals surface area contributed by atoms with Gasteiger partial charge in [0.25, 0.3) is 11.6 Å². The Bertz CT molecular complexity index is 969. The van der Waals surface area contributed by atoms with Crippen LogP contribution in [0, 0.1) is 10.1 Å². The second kappa shape index (κ2) is 7.90. The van der Waals surface area contributed by atoms with Crippen molar-refractivity contribution >= 4 is 34.6 Å². The standard InChI is InChI=1S/C21H22N4O4/c26-20-7-4-12-24(20)17-6-3-5-16(14-17)22-21(27)15-8-9-18(19(13-15)25(28)29)23-10-1-2-11-23/h3,5-6,8-9,13-14H,1-2,4,7,10-12H2,(H,22,27). The van der Waals surface area contributed by atoms with E-state index in [4.69, 9.17) is 0 Å². The number of hydrogen-bond acceptors (Lipinski definition) is 5. The Balaban J connectivity index is 1.55. The monoisotopic (exact) mass is 394 g/mol. The molecule has 29 heavy (non-hydrogen) atoms. The average molecular weight is 394 g/mol. The highest BCUT2D eigenvalue weighted by Crippen LogP contribution is 2.32. The van der Waals surface area contributed by atoms with Gasteiger partial charge in [0.05, 0.1) is 4.92 Å². The summed E-state index contributed by atoms with van der Waals surface area (Å²) in [5, 5.41) is 14.3. The quantitative estimate of drug-likeness (QED) is 0.618. The molecule has 2 heterocycles. The Kier molecular flexibility index (Phi) is 5.16. The number of amides is 2. The summed E-state index contributed by atoms with van der Waals surface area (Å²) in [6.07, 6.45) is 3.37. The molecule has 150 valence electrons. The fourth-order valence-corrected chi connectivity index (χ4v) is 3.91. The van der Waals surface area contributed by atoms with Gasteiger partial charge in [-0.2, -0.15) is 0 Å². The van der Waals surface area contributed by atoms with Crippen molar-refractivity contribution in [1.82, 2.24) is 0 Å². The lowest BCUT2D eigenvalue weighted by atomic mass is 10.1. The van der Waals surface area contributed by atoms with E-state index in [9.17, 15) is 19.7 Å². The zero-order chi connectivity index (χ0) is 20.4. The molecule has 0 bridgehead atoms. The number of nitrogens with zero attached hydrogens (tertiary/aromatic N) is 3. The first kappa shape index (κ1) is 18.9. The first-order valence-corrected chi connectivity index (χ1v) is 9.78. The molecular weight excluding hydrogens is 372 g/mol. The molecule has 1 N–H and O–H groups in total. The maximum Gasteiger partial charge on any atom is 0.293 e. The maximum atomic E-state index is 12.7. The molecule has 0 aliphatic carbocycles. The van der Waals surface area contributed by atoms with Crippen LogP contribution >= 0.6 is 0 Å². The molecule has 0 radical (unpaired) electrons.